The van der Waals surface area contributed by atoms with E-state index in [9.17, 15) is 9.18 Å². The van der Waals surface area contributed by atoms with E-state index in [4.69, 9.17) is 5.73 Å². The number of amides is 1. The third-order valence-electron chi connectivity index (χ3n) is 4.58. The van der Waals surface area contributed by atoms with E-state index < -0.39 is 6.04 Å². The van der Waals surface area contributed by atoms with Gasteiger partial charge >= 0.3 is 0 Å². The molecule has 0 radical (unpaired) electrons. The first-order valence-electron chi connectivity index (χ1n) is 8.72. The molecule has 1 fully saturated rings. The van der Waals surface area contributed by atoms with Crippen LogP contribution in [0.2, 0.25) is 0 Å². The van der Waals surface area contributed by atoms with E-state index in [1.807, 2.05) is 36.4 Å². The standard InChI is InChI=1S/C20H24FN3O.2ClH/c21-16-8-4-10-18(13-16)24-11-5-9-17(14-24)23-20(25)19(22)12-15-6-2-1-3-7-15;;/h1-4,6-8,10,13,17,19H,5,9,11-12,14,22H2,(H,23,25);2*1H. The zero-order chi connectivity index (χ0) is 17.6. The zero-order valence-corrected chi connectivity index (χ0v) is 16.6. The Morgan fingerprint density at radius 3 is 2.63 bits per heavy atom. The number of rotatable bonds is 5. The molecule has 0 spiro atoms. The molecule has 1 aliphatic rings. The third-order valence-corrected chi connectivity index (χ3v) is 4.58. The number of nitrogens with two attached hydrogens (primary N) is 1. The summed E-state index contributed by atoms with van der Waals surface area (Å²) in [5.41, 5.74) is 7.96. The van der Waals surface area contributed by atoms with Gasteiger partial charge in [-0.25, -0.2) is 4.39 Å². The van der Waals surface area contributed by atoms with Gasteiger partial charge in [0, 0.05) is 24.8 Å². The first kappa shape index (κ1) is 23.2. The Balaban J connectivity index is 0.00000182. The fraction of sp³-hybridized carbons (Fsp3) is 0.350. The van der Waals surface area contributed by atoms with Crippen molar-refractivity contribution in [3.63, 3.8) is 0 Å². The fourth-order valence-corrected chi connectivity index (χ4v) is 3.27. The van der Waals surface area contributed by atoms with Crippen molar-refractivity contribution in [2.24, 2.45) is 5.73 Å². The van der Waals surface area contributed by atoms with Gasteiger partial charge < -0.3 is 16.0 Å². The minimum Gasteiger partial charge on any atom is -0.369 e. The van der Waals surface area contributed by atoms with E-state index in [2.05, 4.69) is 10.2 Å². The van der Waals surface area contributed by atoms with E-state index in [1.54, 1.807) is 6.07 Å². The van der Waals surface area contributed by atoms with Crippen molar-refractivity contribution in [2.45, 2.75) is 31.3 Å². The lowest BCUT2D eigenvalue weighted by molar-refractivity contribution is -0.123. The Bertz CT molecular complexity index is 717. The van der Waals surface area contributed by atoms with Gasteiger partial charge in [0.25, 0.3) is 0 Å². The van der Waals surface area contributed by atoms with Crippen molar-refractivity contribution in [2.75, 3.05) is 18.0 Å². The van der Waals surface area contributed by atoms with Crippen LogP contribution >= 0.6 is 24.8 Å². The molecule has 1 saturated heterocycles. The first-order chi connectivity index (χ1) is 12.1. The topological polar surface area (TPSA) is 58.4 Å². The quantitative estimate of drug-likeness (QED) is 0.789. The molecule has 0 bridgehead atoms. The van der Waals surface area contributed by atoms with Crippen molar-refractivity contribution < 1.29 is 9.18 Å². The molecule has 3 rings (SSSR count). The molecule has 1 amide bonds. The molecule has 4 nitrogen and oxygen atoms in total. The number of hydrogen-bond donors (Lipinski definition) is 2. The summed E-state index contributed by atoms with van der Waals surface area (Å²) in [7, 11) is 0. The third kappa shape index (κ3) is 6.69. The Labute approximate surface area is 172 Å². The van der Waals surface area contributed by atoms with Crippen molar-refractivity contribution in [1.82, 2.24) is 5.32 Å². The van der Waals surface area contributed by atoms with Gasteiger partial charge in [0.05, 0.1) is 6.04 Å². The van der Waals surface area contributed by atoms with Gasteiger partial charge in [0.2, 0.25) is 5.91 Å². The summed E-state index contributed by atoms with van der Waals surface area (Å²) in [5, 5.41) is 3.05. The molecular formula is C20H26Cl2FN3O. The summed E-state index contributed by atoms with van der Waals surface area (Å²) in [6, 6.07) is 15.8. The minimum atomic E-state index is -0.563. The molecule has 2 aromatic carbocycles. The van der Waals surface area contributed by atoms with Gasteiger partial charge in [-0.15, -0.1) is 24.8 Å². The fourth-order valence-electron chi connectivity index (χ4n) is 3.27. The second-order valence-electron chi connectivity index (χ2n) is 6.57. The smallest absolute Gasteiger partial charge is 0.237 e. The molecule has 0 aromatic heterocycles. The molecule has 0 aliphatic carbocycles. The summed E-state index contributed by atoms with van der Waals surface area (Å²) in [4.78, 5) is 14.5. The van der Waals surface area contributed by atoms with Crippen LogP contribution in [0.25, 0.3) is 0 Å². The van der Waals surface area contributed by atoms with Crippen molar-refractivity contribution in [3.8, 4) is 0 Å². The molecule has 1 heterocycles. The van der Waals surface area contributed by atoms with Crippen LogP contribution in [-0.4, -0.2) is 31.1 Å². The summed E-state index contributed by atoms with van der Waals surface area (Å²) in [6.45, 7) is 1.54. The predicted octanol–water partition coefficient (Wildman–Crippen LogP) is 3.32. The van der Waals surface area contributed by atoms with Gasteiger partial charge in [-0.05, 0) is 43.0 Å². The number of hydrogen-bond acceptors (Lipinski definition) is 3. The van der Waals surface area contributed by atoms with Crippen LogP contribution in [0, 0.1) is 5.82 Å². The van der Waals surface area contributed by atoms with Crippen molar-refractivity contribution in [1.29, 1.82) is 0 Å². The number of carbonyl (C=O) groups is 1. The van der Waals surface area contributed by atoms with Crippen LogP contribution < -0.4 is 16.0 Å². The Hall–Kier alpha value is -1.82. The average molecular weight is 414 g/mol. The lowest BCUT2D eigenvalue weighted by Gasteiger charge is -2.35. The normalized spacial score (nSPS) is 17.3. The number of halogens is 3. The van der Waals surface area contributed by atoms with Crippen LogP contribution in [0.1, 0.15) is 18.4 Å². The number of nitrogens with zero attached hydrogens (tertiary/aromatic N) is 1. The molecule has 7 heteroatoms. The second kappa shape index (κ2) is 11.1. The monoisotopic (exact) mass is 413 g/mol. The number of benzene rings is 2. The maximum atomic E-state index is 13.4. The zero-order valence-electron chi connectivity index (χ0n) is 15.0. The number of piperidine rings is 1. The highest BCUT2D eigenvalue weighted by Crippen LogP contribution is 2.20. The summed E-state index contributed by atoms with van der Waals surface area (Å²) in [6.07, 6.45) is 2.39. The van der Waals surface area contributed by atoms with E-state index in [1.165, 1.54) is 12.1 Å². The highest BCUT2D eigenvalue weighted by molar-refractivity contribution is 5.85. The lowest BCUT2D eigenvalue weighted by atomic mass is 10.0. The van der Waals surface area contributed by atoms with Crippen LogP contribution in [-0.2, 0) is 11.2 Å². The molecule has 1 aliphatic heterocycles. The maximum absolute atomic E-state index is 13.4. The minimum absolute atomic E-state index is 0. The number of anilines is 1. The van der Waals surface area contributed by atoms with Crippen molar-refractivity contribution in [3.05, 3.63) is 66.0 Å². The number of carbonyl (C=O) groups excluding carboxylic acids is 1. The molecular weight excluding hydrogens is 388 g/mol. The lowest BCUT2D eigenvalue weighted by Crippen LogP contribution is -2.52. The molecule has 0 saturated carbocycles. The molecule has 2 unspecified atom stereocenters. The summed E-state index contributed by atoms with van der Waals surface area (Å²) in [5.74, 6) is -0.372. The van der Waals surface area contributed by atoms with Crippen LogP contribution in [0.3, 0.4) is 0 Å². The Morgan fingerprint density at radius 2 is 1.93 bits per heavy atom. The van der Waals surface area contributed by atoms with Crippen LogP contribution in [0.4, 0.5) is 10.1 Å². The molecule has 2 aromatic rings. The second-order valence-corrected chi connectivity index (χ2v) is 6.57. The van der Waals surface area contributed by atoms with Gasteiger partial charge in [-0.1, -0.05) is 36.4 Å². The van der Waals surface area contributed by atoms with Gasteiger partial charge in [0.15, 0.2) is 0 Å². The van der Waals surface area contributed by atoms with E-state index in [0.29, 0.717) is 13.0 Å². The maximum Gasteiger partial charge on any atom is 0.237 e. The van der Waals surface area contributed by atoms with Gasteiger partial charge in [-0.2, -0.15) is 0 Å². The van der Waals surface area contributed by atoms with Crippen molar-refractivity contribution >= 4 is 36.4 Å². The Kier molecular flexibility index (Phi) is 9.56. The molecule has 148 valence electrons. The average Bonchev–Trinajstić information content (AvgIpc) is 2.63. The largest absolute Gasteiger partial charge is 0.369 e. The molecule has 27 heavy (non-hydrogen) atoms. The molecule has 2 atom stereocenters. The Morgan fingerprint density at radius 1 is 1.19 bits per heavy atom. The van der Waals surface area contributed by atoms with Crippen LogP contribution in [0.5, 0.6) is 0 Å². The van der Waals surface area contributed by atoms with Gasteiger partial charge in [-0.3, -0.25) is 4.79 Å². The highest BCUT2D eigenvalue weighted by Gasteiger charge is 2.24. The predicted molar refractivity (Wildman–Crippen MR) is 112 cm³/mol. The van der Waals surface area contributed by atoms with E-state index in [-0.39, 0.29) is 42.6 Å². The van der Waals surface area contributed by atoms with E-state index in [0.717, 1.165) is 30.6 Å². The van der Waals surface area contributed by atoms with Crippen LogP contribution in [0.15, 0.2) is 54.6 Å². The number of nitrogens with one attached hydrogen (secondary N) is 1. The SMILES string of the molecule is Cl.Cl.NC(Cc1ccccc1)C(=O)NC1CCCN(c2cccc(F)c2)C1. The summed E-state index contributed by atoms with van der Waals surface area (Å²) >= 11 is 0. The molecule has 3 N–H and O–H groups in total. The summed E-state index contributed by atoms with van der Waals surface area (Å²) < 4.78 is 13.4. The first-order valence-corrected chi connectivity index (χ1v) is 8.72. The van der Waals surface area contributed by atoms with E-state index >= 15 is 0 Å². The highest BCUT2D eigenvalue weighted by atomic mass is 35.5. The van der Waals surface area contributed by atoms with Gasteiger partial charge in [0.1, 0.15) is 5.82 Å².